The lowest BCUT2D eigenvalue weighted by molar-refractivity contribution is 1.12. The van der Waals surface area contributed by atoms with Gasteiger partial charge in [-0.1, -0.05) is 17.7 Å². The lowest BCUT2D eigenvalue weighted by Crippen LogP contribution is -1.95. The van der Waals surface area contributed by atoms with Crippen LogP contribution in [0.2, 0.25) is 5.15 Å². The van der Waals surface area contributed by atoms with Gasteiger partial charge in [-0.25, -0.2) is 0 Å². The zero-order valence-corrected chi connectivity index (χ0v) is 7.21. The molecule has 0 spiro atoms. The first-order chi connectivity index (χ1) is 5.70. The number of anilines is 1. The Kier molecular flexibility index (Phi) is 1.44. The maximum Gasteiger partial charge on any atom is 0.227 e. The van der Waals surface area contributed by atoms with Crippen LogP contribution in [-0.2, 0) is 0 Å². The van der Waals surface area contributed by atoms with Gasteiger partial charge in [0.2, 0.25) is 5.95 Å². The molecule has 12 heavy (non-hydrogen) atoms. The summed E-state index contributed by atoms with van der Waals surface area (Å²) in [5, 5.41) is 8.13. The van der Waals surface area contributed by atoms with E-state index >= 15 is 0 Å². The number of aromatic nitrogens is 3. The SMILES string of the molecule is Cc1ccc(Cl)n2c(N)nnc12. The molecule has 2 aromatic rings. The van der Waals surface area contributed by atoms with Gasteiger partial charge in [0.15, 0.2) is 5.65 Å². The third-order valence-corrected chi connectivity index (χ3v) is 2.02. The summed E-state index contributed by atoms with van der Waals surface area (Å²) < 4.78 is 1.61. The fourth-order valence-corrected chi connectivity index (χ4v) is 1.33. The van der Waals surface area contributed by atoms with E-state index in [9.17, 15) is 0 Å². The number of hydrogen-bond acceptors (Lipinski definition) is 3. The van der Waals surface area contributed by atoms with Crippen LogP contribution >= 0.6 is 11.6 Å². The molecule has 62 valence electrons. The van der Waals surface area contributed by atoms with Crippen molar-refractivity contribution in [1.29, 1.82) is 0 Å². The summed E-state index contributed by atoms with van der Waals surface area (Å²) in [5.41, 5.74) is 7.26. The average molecular weight is 183 g/mol. The fraction of sp³-hybridized carbons (Fsp3) is 0.143. The predicted octanol–water partition coefficient (Wildman–Crippen LogP) is 1.27. The van der Waals surface area contributed by atoms with Crippen molar-refractivity contribution in [3.8, 4) is 0 Å². The Hall–Kier alpha value is -1.29. The molecule has 0 aliphatic heterocycles. The van der Waals surface area contributed by atoms with Gasteiger partial charge in [-0.3, -0.25) is 4.40 Å². The topological polar surface area (TPSA) is 56.2 Å². The van der Waals surface area contributed by atoms with Gasteiger partial charge in [-0.05, 0) is 18.6 Å². The van der Waals surface area contributed by atoms with Gasteiger partial charge in [-0.15, -0.1) is 10.2 Å². The summed E-state index contributed by atoms with van der Waals surface area (Å²) >= 11 is 5.88. The first-order valence-corrected chi connectivity index (χ1v) is 3.83. The summed E-state index contributed by atoms with van der Waals surface area (Å²) in [7, 11) is 0. The maximum atomic E-state index is 5.88. The van der Waals surface area contributed by atoms with Crippen molar-refractivity contribution in [3.63, 3.8) is 0 Å². The molecule has 0 atom stereocenters. The van der Waals surface area contributed by atoms with Crippen LogP contribution in [0.15, 0.2) is 12.1 Å². The third kappa shape index (κ3) is 0.848. The van der Waals surface area contributed by atoms with E-state index in [1.165, 1.54) is 0 Å². The van der Waals surface area contributed by atoms with Gasteiger partial charge < -0.3 is 5.73 Å². The van der Waals surface area contributed by atoms with Crippen molar-refractivity contribution in [2.45, 2.75) is 6.92 Å². The molecular weight excluding hydrogens is 176 g/mol. The molecule has 0 unspecified atom stereocenters. The number of aryl methyl sites for hydroxylation is 1. The highest BCUT2D eigenvalue weighted by atomic mass is 35.5. The van der Waals surface area contributed by atoms with E-state index in [4.69, 9.17) is 17.3 Å². The van der Waals surface area contributed by atoms with Gasteiger partial charge in [0.05, 0.1) is 0 Å². The molecule has 0 fully saturated rings. The highest BCUT2D eigenvalue weighted by Crippen LogP contribution is 2.17. The quantitative estimate of drug-likeness (QED) is 0.625. The van der Waals surface area contributed by atoms with Gasteiger partial charge in [0, 0.05) is 0 Å². The van der Waals surface area contributed by atoms with Crippen molar-refractivity contribution in [2.24, 2.45) is 0 Å². The molecule has 0 bridgehead atoms. The van der Waals surface area contributed by atoms with Crippen LogP contribution < -0.4 is 5.73 Å². The molecule has 0 saturated carbocycles. The average Bonchev–Trinajstić information content (AvgIpc) is 2.42. The Morgan fingerprint density at radius 3 is 2.83 bits per heavy atom. The van der Waals surface area contributed by atoms with Crippen LogP contribution in [0.3, 0.4) is 0 Å². The molecule has 2 rings (SSSR count). The largest absolute Gasteiger partial charge is 0.368 e. The van der Waals surface area contributed by atoms with E-state index in [1.54, 1.807) is 10.5 Å². The van der Waals surface area contributed by atoms with Gasteiger partial charge in [0.25, 0.3) is 0 Å². The van der Waals surface area contributed by atoms with E-state index in [-0.39, 0.29) is 0 Å². The van der Waals surface area contributed by atoms with E-state index in [0.29, 0.717) is 16.7 Å². The van der Waals surface area contributed by atoms with Crippen LogP contribution in [0.25, 0.3) is 5.65 Å². The third-order valence-electron chi connectivity index (χ3n) is 1.73. The molecule has 2 heterocycles. The molecule has 0 aliphatic rings. The van der Waals surface area contributed by atoms with Crippen molar-refractivity contribution in [3.05, 3.63) is 22.8 Å². The summed E-state index contributed by atoms with van der Waals surface area (Å²) in [5.74, 6) is 0.318. The first kappa shape index (κ1) is 7.36. The van der Waals surface area contributed by atoms with Crippen LogP contribution in [-0.4, -0.2) is 14.6 Å². The number of halogens is 1. The Morgan fingerprint density at radius 1 is 1.42 bits per heavy atom. The zero-order valence-electron chi connectivity index (χ0n) is 6.45. The van der Waals surface area contributed by atoms with Crippen molar-refractivity contribution in [2.75, 3.05) is 5.73 Å². The van der Waals surface area contributed by atoms with E-state index < -0.39 is 0 Å². The maximum absolute atomic E-state index is 5.88. The molecule has 0 aromatic carbocycles. The van der Waals surface area contributed by atoms with Crippen LogP contribution in [0, 0.1) is 6.92 Å². The molecular formula is C7H7ClN4. The minimum absolute atomic E-state index is 0.318. The Labute approximate surface area is 74.0 Å². The second kappa shape index (κ2) is 2.35. The zero-order chi connectivity index (χ0) is 8.72. The number of nitrogens with two attached hydrogens (primary N) is 1. The second-order valence-corrected chi connectivity index (χ2v) is 2.94. The van der Waals surface area contributed by atoms with Gasteiger partial charge in [0.1, 0.15) is 5.15 Å². The van der Waals surface area contributed by atoms with E-state index in [2.05, 4.69) is 10.2 Å². The number of pyridine rings is 1. The highest BCUT2D eigenvalue weighted by Gasteiger charge is 2.06. The summed E-state index contributed by atoms with van der Waals surface area (Å²) in [6.07, 6.45) is 0. The number of nitrogens with zero attached hydrogens (tertiary/aromatic N) is 3. The fourth-order valence-electron chi connectivity index (χ4n) is 1.11. The molecule has 2 aromatic heterocycles. The highest BCUT2D eigenvalue weighted by molar-refractivity contribution is 6.29. The number of fused-ring (bicyclic) bond motifs is 1. The summed E-state index contributed by atoms with van der Waals surface area (Å²) in [6.45, 7) is 1.93. The Morgan fingerprint density at radius 2 is 2.17 bits per heavy atom. The summed E-state index contributed by atoms with van der Waals surface area (Å²) in [4.78, 5) is 0. The first-order valence-electron chi connectivity index (χ1n) is 3.46. The van der Waals surface area contributed by atoms with E-state index in [0.717, 1.165) is 5.56 Å². The normalized spacial score (nSPS) is 10.8. The molecule has 0 saturated heterocycles. The minimum atomic E-state index is 0.318. The number of nitrogen functional groups attached to an aromatic ring is 1. The van der Waals surface area contributed by atoms with Crippen LogP contribution in [0.4, 0.5) is 5.95 Å². The Balaban J connectivity index is 2.98. The van der Waals surface area contributed by atoms with E-state index in [1.807, 2.05) is 13.0 Å². The molecule has 0 radical (unpaired) electrons. The molecule has 0 amide bonds. The predicted molar refractivity (Wildman–Crippen MR) is 47.1 cm³/mol. The van der Waals surface area contributed by atoms with Crippen LogP contribution in [0.1, 0.15) is 5.56 Å². The molecule has 0 aliphatic carbocycles. The molecule has 2 N–H and O–H groups in total. The smallest absolute Gasteiger partial charge is 0.227 e. The lowest BCUT2D eigenvalue weighted by atomic mass is 10.3. The van der Waals surface area contributed by atoms with Crippen molar-refractivity contribution in [1.82, 2.24) is 14.6 Å². The number of rotatable bonds is 0. The lowest BCUT2D eigenvalue weighted by Gasteiger charge is -1.99. The molecule has 5 heteroatoms. The molecule has 4 nitrogen and oxygen atoms in total. The minimum Gasteiger partial charge on any atom is -0.368 e. The summed E-state index contributed by atoms with van der Waals surface area (Å²) in [6, 6.07) is 3.65. The van der Waals surface area contributed by atoms with Crippen molar-refractivity contribution >= 4 is 23.2 Å². The van der Waals surface area contributed by atoms with Gasteiger partial charge >= 0.3 is 0 Å². The van der Waals surface area contributed by atoms with Crippen molar-refractivity contribution < 1.29 is 0 Å². The number of hydrogen-bond donors (Lipinski definition) is 1. The second-order valence-electron chi connectivity index (χ2n) is 2.56. The Bertz CT molecular complexity index is 434. The van der Waals surface area contributed by atoms with Gasteiger partial charge in [-0.2, -0.15) is 0 Å². The monoisotopic (exact) mass is 182 g/mol. The standard InChI is InChI=1S/C7H7ClN4/c1-4-2-3-5(8)12-6(4)10-11-7(12)9/h2-3H,1H3,(H2,9,11). The van der Waals surface area contributed by atoms with Crippen LogP contribution in [0.5, 0.6) is 0 Å².